The lowest BCUT2D eigenvalue weighted by Crippen LogP contribution is -2.45. The average molecular weight is 292 g/mol. The van der Waals surface area contributed by atoms with E-state index in [0.717, 1.165) is 4.90 Å². The number of aromatic nitrogens is 2. The number of amides is 1. The second-order valence-electron chi connectivity index (χ2n) is 5.61. The fourth-order valence-corrected chi connectivity index (χ4v) is 2.05. The van der Waals surface area contributed by atoms with E-state index in [1.54, 1.807) is 32.9 Å². The summed E-state index contributed by atoms with van der Waals surface area (Å²) >= 11 is 0. The molecule has 0 fully saturated rings. The maximum atomic E-state index is 13.3. The first-order valence-electron chi connectivity index (χ1n) is 6.34. The van der Waals surface area contributed by atoms with Crippen molar-refractivity contribution in [2.75, 3.05) is 10.6 Å². The highest BCUT2D eigenvalue weighted by Gasteiger charge is 2.31. The molecule has 0 saturated heterocycles. The zero-order valence-electron chi connectivity index (χ0n) is 12.0. The van der Waals surface area contributed by atoms with E-state index in [1.165, 1.54) is 23.0 Å². The highest BCUT2D eigenvalue weighted by atomic mass is 19.1. The predicted molar refractivity (Wildman–Crippen MR) is 78.2 cm³/mol. The molecule has 0 radical (unpaired) electrons. The van der Waals surface area contributed by atoms with Crippen molar-refractivity contribution >= 4 is 17.6 Å². The molecule has 1 aromatic carbocycles. The summed E-state index contributed by atoms with van der Waals surface area (Å²) in [5, 5.41) is 13.4. The van der Waals surface area contributed by atoms with Crippen LogP contribution in [0.3, 0.4) is 0 Å². The van der Waals surface area contributed by atoms with Gasteiger partial charge in [-0.2, -0.15) is 0 Å². The molecule has 0 unspecified atom stereocenters. The number of carboxylic acid groups (broad SMARTS) is 1. The Morgan fingerprint density at radius 1 is 1.43 bits per heavy atom. The summed E-state index contributed by atoms with van der Waals surface area (Å²) in [6.07, 6.45) is 0.344. The monoisotopic (exact) mass is 292 g/mol. The van der Waals surface area contributed by atoms with Gasteiger partial charge in [0.15, 0.2) is 5.82 Å². The number of hydrogen-bond acceptors (Lipinski definition) is 3. The van der Waals surface area contributed by atoms with Crippen LogP contribution in [0.2, 0.25) is 0 Å². The van der Waals surface area contributed by atoms with Gasteiger partial charge < -0.3 is 10.8 Å². The molecule has 6 nitrogen and oxygen atoms in total. The van der Waals surface area contributed by atoms with Gasteiger partial charge in [0.25, 0.3) is 0 Å². The first-order valence-corrected chi connectivity index (χ1v) is 6.34. The summed E-state index contributed by atoms with van der Waals surface area (Å²) < 4.78 is 14.6. The van der Waals surface area contributed by atoms with Crippen LogP contribution in [0.25, 0.3) is 5.69 Å². The molecule has 0 atom stereocenters. The van der Waals surface area contributed by atoms with Crippen LogP contribution in [0, 0.1) is 5.82 Å². The first-order chi connectivity index (χ1) is 9.70. The zero-order chi connectivity index (χ0) is 15.8. The minimum Gasteiger partial charge on any atom is -0.465 e. The molecule has 0 aliphatic rings. The quantitative estimate of drug-likeness (QED) is 0.891. The van der Waals surface area contributed by atoms with Crippen molar-refractivity contribution in [1.82, 2.24) is 9.78 Å². The fourth-order valence-electron chi connectivity index (χ4n) is 2.05. The van der Waals surface area contributed by atoms with Gasteiger partial charge in [0.1, 0.15) is 11.5 Å². The summed E-state index contributed by atoms with van der Waals surface area (Å²) in [6, 6.07) is 5.80. The van der Waals surface area contributed by atoms with E-state index < -0.39 is 17.4 Å². The Morgan fingerprint density at radius 2 is 2.10 bits per heavy atom. The van der Waals surface area contributed by atoms with Crippen LogP contribution < -0.4 is 10.6 Å². The van der Waals surface area contributed by atoms with Crippen LogP contribution in [0.15, 0.2) is 30.5 Å². The van der Waals surface area contributed by atoms with Crippen LogP contribution in [0.1, 0.15) is 20.8 Å². The summed E-state index contributed by atoms with van der Waals surface area (Å²) in [5.41, 5.74) is 5.86. The summed E-state index contributed by atoms with van der Waals surface area (Å²) in [7, 11) is 0. The lowest BCUT2D eigenvalue weighted by molar-refractivity contribution is 0.195. The van der Waals surface area contributed by atoms with E-state index in [0.29, 0.717) is 5.69 Å². The SMILES string of the molecule is CC(C)(C)N(C(=O)O)c1cn(-c2cccc(F)c2)nc1N. The third-order valence-electron chi connectivity index (χ3n) is 2.90. The standard InChI is InChI=1S/C14H17FN4O2/c1-14(2,3)19(13(20)21)11-8-18(17-12(11)16)10-6-4-5-9(15)7-10/h4-8H,1-3H3,(H2,16,17)(H,20,21). The lowest BCUT2D eigenvalue weighted by atomic mass is 10.1. The van der Waals surface area contributed by atoms with Gasteiger partial charge in [0.2, 0.25) is 0 Å². The van der Waals surface area contributed by atoms with Crippen molar-refractivity contribution < 1.29 is 14.3 Å². The molecule has 0 saturated carbocycles. The van der Waals surface area contributed by atoms with Gasteiger partial charge in [-0.05, 0) is 39.0 Å². The third-order valence-corrected chi connectivity index (χ3v) is 2.90. The Balaban J connectivity index is 2.50. The van der Waals surface area contributed by atoms with Gasteiger partial charge in [-0.25, -0.2) is 13.9 Å². The van der Waals surface area contributed by atoms with E-state index >= 15 is 0 Å². The van der Waals surface area contributed by atoms with E-state index in [9.17, 15) is 14.3 Å². The van der Waals surface area contributed by atoms with Gasteiger partial charge in [-0.15, -0.1) is 5.10 Å². The number of halogens is 1. The van der Waals surface area contributed by atoms with Gasteiger partial charge in [-0.3, -0.25) is 4.90 Å². The fraction of sp³-hybridized carbons (Fsp3) is 0.286. The minimum atomic E-state index is -1.13. The number of hydrogen-bond donors (Lipinski definition) is 2. The Morgan fingerprint density at radius 3 is 2.62 bits per heavy atom. The molecule has 2 rings (SSSR count). The number of carbonyl (C=O) groups is 1. The number of nitrogen functional groups attached to an aromatic ring is 1. The van der Waals surface area contributed by atoms with Crippen LogP contribution in [-0.2, 0) is 0 Å². The smallest absolute Gasteiger partial charge is 0.412 e. The largest absolute Gasteiger partial charge is 0.465 e. The molecule has 2 aromatic rings. The van der Waals surface area contributed by atoms with Gasteiger partial charge in [-0.1, -0.05) is 6.07 Å². The van der Waals surface area contributed by atoms with Crippen molar-refractivity contribution in [3.8, 4) is 5.69 Å². The van der Waals surface area contributed by atoms with Crippen molar-refractivity contribution in [3.05, 3.63) is 36.3 Å². The Labute approximate surface area is 121 Å². The van der Waals surface area contributed by atoms with Gasteiger partial charge in [0, 0.05) is 5.54 Å². The average Bonchev–Trinajstić information content (AvgIpc) is 2.69. The molecule has 0 spiro atoms. The van der Waals surface area contributed by atoms with Crippen molar-refractivity contribution in [2.45, 2.75) is 26.3 Å². The molecular weight excluding hydrogens is 275 g/mol. The Kier molecular flexibility index (Phi) is 3.59. The molecule has 1 heterocycles. The summed E-state index contributed by atoms with van der Waals surface area (Å²) in [5.74, 6) is -0.342. The Bertz CT molecular complexity index is 676. The zero-order valence-corrected chi connectivity index (χ0v) is 12.0. The van der Waals surface area contributed by atoms with Crippen molar-refractivity contribution in [1.29, 1.82) is 0 Å². The Hall–Kier alpha value is -2.57. The number of anilines is 2. The van der Waals surface area contributed by atoms with E-state index in [4.69, 9.17) is 5.73 Å². The molecule has 3 N–H and O–H groups in total. The lowest BCUT2D eigenvalue weighted by Gasteiger charge is -2.32. The maximum Gasteiger partial charge on any atom is 0.412 e. The minimum absolute atomic E-state index is 0.0663. The molecule has 1 aromatic heterocycles. The normalized spacial score (nSPS) is 11.4. The molecule has 0 aliphatic heterocycles. The number of nitrogens with zero attached hydrogens (tertiary/aromatic N) is 3. The van der Waals surface area contributed by atoms with Gasteiger partial charge in [0.05, 0.1) is 11.9 Å². The topological polar surface area (TPSA) is 84.4 Å². The van der Waals surface area contributed by atoms with Gasteiger partial charge >= 0.3 is 6.09 Å². The molecule has 112 valence electrons. The second-order valence-corrected chi connectivity index (χ2v) is 5.61. The van der Waals surface area contributed by atoms with E-state index in [2.05, 4.69) is 5.10 Å². The van der Waals surface area contributed by atoms with Crippen molar-refractivity contribution in [2.24, 2.45) is 0 Å². The first kappa shape index (κ1) is 14.8. The highest BCUT2D eigenvalue weighted by Crippen LogP contribution is 2.29. The molecule has 21 heavy (non-hydrogen) atoms. The molecule has 0 aliphatic carbocycles. The van der Waals surface area contributed by atoms with E-state index in [-0.39, 0.29) is 11.5 Å². The highest BCUT2D eigenvalue weighted by molar-refractivity contribution is 5.90. The number of rotatable bonds is 2. The predicted octanol–water partition coefficient (Wildman–Crippen LogP) is 2.88. The van der Waals surface area contributed by atoms with Crippen LogP contribution >= 0.6 is 0 Å². The molecule has 7 heteroatoms. The van der Waals surface area contributed by atoms with Crippen LogP contribution in [0.4, 0.5) is 20.7 Å². The molecule has 1 amide bonds. The van der Waals surface area contributed by atoms with Crippen LogP contribution in [-0.4, -0.2) is 26.5 Å². The maximum absolute atomic E-state index is 13.3. The number of nitrogens with two attached hydrogens (primary N) is 1. The molecule has 0 bridgehead atoms. The summed E-state index contributed by atoms with van der Waals surface area (Å²) in [6.45, 7) is 5.25. The number of benzene rings is 1. The van der Waals surface area contributed by atoms with Crippen molar-refractivity contribution in [3.63, 3.8) is 0 Å². The third kappa shape index (κ3) is 2.96. The second kappa shape index (κ2) is 5.08. The van der Waals surface area contributed by atoms with Crippen LogP contribution in [0.5, 0.6) is 0 Å². The van der Waals surface area contributed by atoms with E-state index in [1.807, 2.05) is 0 Å². The molecular formula is C14H17FN4O2. The summed E-state index contributed by atoms with van der Waals surface area (Å²) in [4.78, 5) is 12.6.